The Morgan fingerprint density at radius 1 is 1.59 bits per heavy atom. The molecular formula is C10H15N5OS. The average molecular weight is 253 g/mol. The first-order valence-electron chi connectivity index (χ1n) is 5.69. The molecule has 2 fully saturated rings. The summed E-state index contributed by atoms with van der Waals surface area (Å²) in [5.41, 5.74) is 5.61. The number of carbonyl (C=O) groups excluding carboxylic acids is 1. The number of hydrogen-bond donors (Lipinski definition) is 2. The number of piperazine rings is 1. The molecule has 1 atom stereocenters. The van der Waals surface area contributed by atoms with Crippen molar-refractivity contribution in [3.05, 3.63) is 11.1 Å². The van der Waals surface area contributed by atoms with Crippen LogP contribution in [0.15, 0.2) is 6.20 Å². The molecule has 92 valence electrons. The van der Waals surface area contributed by atoms with Gasteiger partial charge in [0.05, 0.1) is 6.04 Å². The molecule has 2 aliphatic rings. The Morgan fingerprint density at radius 3 is 3.24 bits per heavy atom. The van der Waals surface area contributed by atoms with Crippen molar-refractivity contribution in [3.8, 4) is 0 Å². The predicted molar refractivity (Wildman–Crippen MR) is 65.7 cm³/mol. The van der Waals surface area contributed by atoms with E-state index in [0.29, 0.717) is 11.2 Å². The van der Waals surface area contributed by atoms with Crippen LogP contribution in [0.4, 0.5) is 9.93 Å². The first-order valence-corrected chi connectivity index (χ1v) is 6.51. The van der Waals surface area contributed by atoms with Crippen LogP contribution in [0.3, 0.4) is 0 Å². The molecule has 1 aromatic rings. The van der Waals surface area contributed by atoms with Crippen LogP contribution in [0.5, 0.6) is 0 Å². The van der Waals surface area contributed by atoms with Gasteiger partial charge in [0.25, 0.3) is 0 Å². The Balaban J connectivity index is 1.62. The molecule has 3 N–H and O–H groups in total. The molecule has 6 nitrogen and oxygen atoms in total. The third kappa shape index (κ3) is 2.07. The molecule has 2 amide bonds. The second-order valence-electron chi connectivity index (χ2n) is 4.43. The van der Waals surface area contributed by atoms with Crippen molar-refractivity contribution in [1.29, 1.82) is 0 Å². The topological polar surface area (TPSA) is 74.5 Å². The number of hydrogen-bond acceptors (Lipinski definition) is 5. The molecule has 7 heteroatoms. The van der Waals surface area contributed by atoms with Crippen molar-refractivity contribution >= 4 is 22.5 Å². The van der Waals surface area contributed by atoms with Crippen LogP contribution < -0.4 is 11.1 Å². The van der Waals surface area contributed by atoms with Gasteiger partial charge in [-0.25, -0.2) is 9.78 Å². The van der Waals surface area contributed by atoms with Crippen molar-refractivity contribution in [2.75, 3.05) is 31.9 Å². The highest BCUT2D eigenvalue weighted by molar-refractivity contribution is 7.15. The number of fused-ring (bicyclic) bond motifs is 1. The summed E-state index contributed by atoms with van der Waals surface area (Å²) in [7, 11) is 0. The summed E-state index contributed by atoms with van der Waals surface area (Å²) in [4.78, 5) is 21.0. The van der Waals surface area contributed by atoms with E-state index in [0.717, 1.165) is 32.7 Å². The van der Waals surface area contributed by atoms with Gasteiger partial charge < -0.3 is 16.0 Å². The minimum Gasteiger partial charge on any atom is -0.375 e. The summed E-state index contributed by atoms with van der Waals surface area (Å²) in [6.45, 7) is 4.30. The lowest BCUT2D eigenvalue weighted by atomic mass is 10.2. The monoisotopic (exact) mass is 253 g/mol. The number of amides is 2. The SMILES string of the molecule is Nc1ncc(CN2CCN3C(=O)NCC3C2)s1. The standard InChI is InChI=1S/C10H15N5OS/c11-9-12-4-8(17-9)6-14-1-2-15-7(5-14)3-13-10(15)16/h4,7H,1-3,5-6H2,(H2,11,12)(H,13,16). The van der Waals surface area contributed by atoms with E-state index in [1.807, 2.05) is 11.1 Å². The molecule has 3 rings (SSSR count). The van der Waals surface area contributed by atoms with Gasteiger partial charge in [-0.2, -0.15) is 0 Å². The molecular weight excluding hydrogens is 238 g/mol. The highest BCUT2D eigenvalue weighted by atomic mass is 32.1. The van der Waals surface area contributed by atoms with E-state index >= 15 is 0 Å². The molecule has 0 aromatic carbocycles. The predicted octanol–water partition coefficient (Wildman–Crippen LogP) is -0.0653. The van der Waals surface area contributed by atoms with Crippen molar-refractivity contribution in [2.24, 2.45) is 0 Å². The summed E-state index contributed by atoms with van der Waals surface area (Å²) >= 11 is 1.54. The summed E-state index contributed by atoms with van der Waals surface area (Å²) in [6, 6.07) is 0.401. The maximum atomic E-state index is 11.4. The third-order valence-electron chi connectivity index (χ3n) is 3.27. The zero-order chi connectivity index (χ0) is 11.8. The van der Waals surface area contributed by atoms with E-state index in [-0.39, 0.29) is 6.03 Å². The molecule has 0 radical (unpaired) electrons. The molecule has 0 aliphatic carbocycles. The lowest BCUT2D eigenvalue weighted by Gasteiger charge is -2.36. The van der Waals surface area contributed by atoms with E-state index in [1.165, 1.54) is 16.2 Å². The van der Waals surface area contributed by atoms with E-state index in [4.69, 9.17) is 5.73 Å². The first-order chi connectivity index (χ1) is 8.22. The van der Waals surface area contributed by atoms with Crippen LogP contribution in [0.2, 0.25) is 0 Å². The van der Waals surface area contributed by atoms with E-state index in [1.54, 1.807) is 0 Å². The maximum Gasteiger partial charge on any atom is 0.317 e. The van der Waals surface area contributed by atoms with E-state index in [9.17, 15) is 4.79 Å². The molecule has 0 saturated carbocycles. The Labute approximate surface area is 103 Å². The van der Waals surface area contributed by atoms with Crippen molar-refractivity contribution in [3.63, 3.8) is 0 Å². The number of nitrogen functional groups attached to an aromatic ring is 1. The molecule has 0 spiro atoms. The van der Waals surface area contributed by atoms with Crippen LogP contribution in [0, 0.1) is 0 Å². The van der Waals surface area contributed by atoms with Gasteiger partial charge in [-0.15, -0.1) is 11.3 Å². The Kier molecular flexibility index (Phi) is 2.64. The number of urea groups is 1. The summed E-state index contributed by atoms with van der Waals surface area (Å²) in [5.74, 6) is 0. The molecule has 2 saturated heterocycles. The van der Waals surface area contributed by atoms with Crippen LogP contribution in [0.25, 0.3) is 0 Å². The molecule has 3 heterocycles. The van der Waals surface area contributed by atoms with Crippen LogP contribution in [-0.4, -0.2) is 53.0 Å². The van der Waals surface area contributed by atoms with Gasteiger partial charge in [-0.3, -0.25) is 4.90 Å². The minimum atomic E-state index is 0.0803. The first kappa shape index (κ1) is 10.8. The summed E-state index contributed by atoms with van der Waals surface area (Å²) < 4.78 is 0. The smallest absolute Gasteiger partial charge is 0.317 e. The van der Waals surface area contributed by atoms with Gasteiger partial charge in [0.2, 0.25) is 0 Å². The highest BCUT2D eigenvalue weighted by Crippen LogP contribution is 2.20. The molecule has 1 aromatic heterocycles. The van der Waals surface area contributed by atoms with Gasteiger partial charge in [0.15, 0.2) is 5.13 Å². The average Bonchev–Trinajstić information content (AvgIpc) is 2.87. The number of nitrogens with zero attached hydrogens (tertiary/aromatic N) is 3. The molecule has 0 bridgehead atoms. The third-order valence-corrected chi connectivity index (χ3v) is 4.08. The number of thiazole rings is 1. The lowest BCUT2D eigenvalue weighted by molar-refractivity contribution is 0.117. The van der Waals surface area contributed by atoms with Crippen molar-refractivity contribution in [2.45, 2.75) is 12.6 Å². The molecule has 2 aliphatic heterocycles. The second kappa shape index (κ2) is 4.15. The number of rotatable bonds is 2. The van der Waals surface area contributed by atoms with Gasteiger partial charge in [0, 0.05) is 43.8 Å². The Morgan fingerprint density at radius 2 is 2.47 bits per heavy atom. The summed E-state index contributed by atoms with van der Waals surface area (Å²) in [6.07, 6.45) is 1.84. The number of anilines is 1. The minimum absolute atomic E-state index is 0.0803. The largest absolute Gasteiger partial charge is 0.375 e. The second-order valence-corrected chi connectivity index (χ2v) is 5.58. The fraction of sp³-hybridized carbons (Fsp3) is 0.600. The number of nitrogens with two attached hydrogens (primary N) is 1. The quantitative estimate of drug-likeness (QED) is 0.774. The van der Waals surface area contributed by atoms with E-state index < -0.39 is 0 Å². The normalized spacial score (nSPS) is 24.8. The van der Waals surface area contributed by atoms with Gasteiger partial charge in [-0.05, 0) is 0 Å². The van der Waals surface area contributed by atoms with Gasteiger partial charge in [0.1, 0.15) is 0 Å². The van der Waals surface area contributed by atoms with Crippen LogP contribution in [0.1, 0.15) is 4.88 Å². The molecule has 17 heavy (non-hydrogen) atoms. The van der Waals surface area contributed by atoms with Gasteiger partial charge in [-0.1, -0.05) is 0 Å². The highest BCUT2D eigenvalue weighted by Gasteiger charge is 2.35. The fourth-order valence-electron chi connectivity index (χ4n) is 2.43. The summed E-state index contributed by atoms with van der Waals surface area (Å²) in [5, 5.41) is 3.50. The fourth-order valence-corrected chi connectivity index (χ4v) is 3.15. The van der Waals surface area contributed by atoms with Crippen LogP contribution >= 0.6 is 11.3 Å². The zero-order valence-corrected chi connectivity index (χ0v) is 10.2. The maximum absolute atomic E-state index is 11.4. The lowest BCUT2D eigenvalue weighted by Crippen LogP contribution is -2.51. The van der Waals surface area contributed by atoms with E-state index in [2.05, 4.69) is 15.2 Å². The Bertz CT molecular complexity index is 434. The van der Waals surface area contributed by atoms with Crippen molar-refractivity contribution in [1.82, 2.24) is 20.1 Å². The van der Waals surface area contributed by atoms with Crippen LogP contribution in [-0.2, 0) is 6.54 Å². The molecule has 1 unspecified atom stereocenters. The number of carbonyl (C=O) groups is 1. The number of nitrogens with one attached hydrogen (secondary N) is 1. The zero-order valence-electron chi connectivity index (χ0n) is 9.43. The van der Waals surface area contributed by atoms with Crippen molar-refractivity contribution < 1.29 is 4.79 Å². The number of aromatic nitrogens is 1. The Hall–Kier alpha value is -1.34. The van der Waals surface area contributed by atoms with Gasteiger partial charge >= 0.3 is 6.03 Å².